The predicted octanol–water partition coefficient (Wildman–Crippen LogP) is 3.90. The van der Waals surface area contributed by atoms with Crippen molar-refractivity contribution in [3.05, 3.63) is 70.4 Å². The number of aromatic amines is 1. The Hall–Kier alpha value is -2.79. The van der Waals surface area contributed by atoms with Gasteiger partial charge in [0, 0.05) is 22.5 Å². The van der Waals surface area contributed by atoms with Crippen molar-refractivity contribution in [3.8, 4) is 0 Å². The SMILES string of the molecule is CCOC(=O)Cc1ccc(CCNC(=O)c2cc3cc(Cl)ccc3[nH]2)cc1. The average molecular weight is 385 g/mol. The minimum absolute atomic E-state index is 0.152. The van der Waals surface area contributed by atoms with Crippen LogP contribution in [0.4, 0.5) is 0 Å². The van der Waals surface area contributed by atoms with Crippen LogP contribution in [0, 0.1) is 0 Å². The number of benzene rings is 2. The van der Waals surface area contributed by atoms with Gasteiger partial charge in [-0.1, -0.05) is 35.9 Å². The third kappa shape index (κ3) is 5.11. The van der Waals surface area contributed by atoms with E-state index in [1.54, 1.807) is 19.1 Å². The van der Waals surface area contributed by atoms with E-state index in [1.165, 1.54) is 0 Å². The number of carbonyl (C=O) groups excluding carboxylic acids is 2. The summed E-state index contributed by atoms with van der Waals surface area (Å²) in [4.78, 5) is 26.9. The molecule has 2 aromatic carbocycles. The van der Waals surface area contributed by atoms with E-state index in [1.807, 2.05) is 36.4 Å². The van der Waals surface area contributed by atoms with Crippen LogP contribution in [0.1, 0.15) is 28.5 Å². The van der Waals surface area contributed by atoms with E-state index in [2.05, 4.69) is 10.3 Å². The Morgan fingerprint density at radius 3 is 2.56 bits per heavy atom. The van der Waals surface area contributed by atoms with Crippen molar-refractivity contribution in [1.29, 1.82) is 0 Å². The summed E-state index contributed by atoms with van der Waals surface area (Å²) < 4.78 is 4.94. The number of rotatable bonds is 7. The van der Waals surface area contributed by atoms with Gasteiger partial charge in [0.1, 0.15) is 5.69 Å². The number of amides is 1. The molecule has 0 aliphatic rings. The van der Waals surface area contributed by atoms with E-state index < -0.39 is 0 Å². The molecule has 0 bridgehead atoms. The fourth-order valence-electron chi connectivity index (χ4n) is 2.84. The number of hydrogen-bond donors (Lipinski definition) is 2. The van der Waals surface area contributed by atoms with Gasteiger partial charge >= 0.3 is 5.97 Å². The molecule has 1 aromatic heterocycles. The first kappa shape index (κ1) is 19.0. The number of hydrogen-bond acceptors (Lipinski definition) is 3. The van der Waals surface area contributed by atoms with Gasteiger partial charge in [-0.05, 0) is 48.7 Å². The lowest BCUT2D eigenvalue weighted by Crippen LogP contribution is -2.25. The minimum Gasteiger partial charge on any atom is -0.466 e. The molecule has 1 heterocycles. The van der Waals surface area contributed by atoms with E-state index in [4.69, 9.17) is 16.3 Å². The van der Waals surface area contributed by atoms with Crippen LogP contribution in [0.25, 0.3) is 10.9 Å². The van der Waals surface area contributed by atoms with Crippen LogP contribution >= 0.6 is 11.6 Å². The Labute approximate surface area is 162 Å². The fourth-order valence-corrected chi connectivity index (χ4v) is 3.02. The highest BCUT2D eigenvalue weighted by Crippen LogP contribution is 2.20. The van der Waals surface area contributed by atoms with Crippen molar-refractivity contribution >= 4 is 34.4 Å². The van der Waals surface area contributed by atoms with Gasteiger partial charge in [0.2, 0.25) is 0 Å². The summed E-state index contributed by atoms with van der Waals surface area (Å²) in [5.74, 6) is -0.376. The zero-order chi connectivity index (χ0) is 19.2. The molecule has 0 saturated heterocycles. The van der Waals surface area contributed by atoms with Crippen LogP contribution in [-0.2, 0) is 22.4 Å². The molecule has 3 rings (SSSR count). The van der Waals surface area contributed by atoms with E-state index in [0.29, 0.717) is 30.3 Å². The molecular formula is C21H21ClN2O3. The quantitative estimate of drug-likeness (QED) is 0.607. The van der Waals surface area contributed by atoms with Gasteiger partial charge in [-0.25, -0.2) is 0 Å². The molecule has 0 radical (unpaired) electrons. The lowest BCUT2D eigenvalue weighted by atomic mass is 10.1. The molecule has 0 atom stereocenters. The maximum Gasteiger partial charge on any atom is 0.310 e. The van der Waals surface area contributed by atoms with Gasteiger partial charge in [-0.3, -0.25) is 9.59 Å². The summed E-state index contributed by atoms with van der Waals surface area (Å²) in [6, 6.07) is 15.0. The number of aromatic nitrogens is 1. The first-order chi connectivity index (χ1) is 13.0. The maximum absolute atomic E-state index is 12.3. The Bertz CT molecular complexity index is 948. The predicted molar refractivity (Wildman–Crippen MR) is 106 cm³/mol. The van der Waals surface area contributed by atoms with Crippen LogP contribution in [0.5, 0.6) is 0 Å². The molecule has 3 aromatic rings. The number of H-pyrrole nitrogens is 1. The second-order valence-corrected chi connectivity index (χ2v) is 6.66. The molecule has 2 N–H and O–H groups in total. The highest BCUT2D eigenvalue weighted by Gasteiger charge is 2.09. The standard InChI is InChI=1S/C21H21ClN2O3/c1-2-27-20(25)11-15-5-3-14(4-6-15)9-10-23-21(26)19-13-16-12-17(22)7-8-18(16)24-19/h3-8,12-13,24H,2,9-11H2,1H3,(H,23,26). The van der Waals surface area contributed by atoms with E-state index in [9.17, 15) is 9.59 Å². The van der Waals surface area contributed by atoms with Crippen LogP contribution in [0.2, 0.25) is 5.02 Å². The number of halogens is 1. The monoisotopic (exact) mass is 384 g/mol. The molecule has 0 aliphatic carbocycles. The molecule has 0 spiro atoms. The molecule has 0 fully saturated rings. The van der Waals surface area contributed by atoms with Crippen LogP contribution in [0.15, 0.2) is 48.5 Å². The van der Waals surface area contributed by atoms with Gasteiger partial charge in [-0.2, -0.15) is 0 Å². The van der Waals surface area contributed by atoms with Gasteiger partial charge < -0.3 is 15.0 Å². The minimum atomic E-state index is -0.225. The molecule has 1 amide bonds. The van der Waals surface area contributed by atoms with Gasteiger partial charge in [0.15, 0.2) is 0 Å². The topological polar surface area (TPSA) is 71.2 Å². The Morgan fingerprint density at radius 1 is 1.07 bits per heavy atom. The van der Waals surface area contributed by atoms with E-state index >= 15 is 0 Å². The van der Waals surface area contributed by atoms with E-state index in [-0.39, 0.29) is 18.3 Å². The largest absolute Gasteiger partial charge is 0.466 e. The Balaban J connectivity index is 1.51. The van der Waals surface area contributed by atoms with Gasteiger partial charge in [0.25, 0.3) is 5.91 Å². The van der Waals surface area contributed by atoms with Crippen molar-refractivity contribution in [2.75, 3.05) is 13.2 Å². The van der Waals surface area contributed by atoms with Crippen molar-refractivity contribution in [1.82, 2.24) is 10.3 Å². The summed E-state index contributed by atoms with van der Waals surface area (Å²) in [5.41, 5.74) is 3.39. The molecule has 5 nitrogen and oxygen atoms in total. The third-order valence-corrected chi connectivity index (χ3v) is 4.44. The zero-order valence-electron chi connectivity index (χ0n) is 15.0. The highest BCUT2D eigenvalue weighted by atomic mass is 35.5. The summed E-state index contributed by atoms with van der Waals surface area (Å²) in [5, 5.41) is 4.46. The number of fused-ring (bicyclic) bond motifs is 1. The molecule has 140 valence electrons. The molecule has 27 heavy (non-hydrogen) atoms. The average Bonchev–Trinajstić information content (AvgIpc) is 3.06. The summed E-state index contributed by atoms with van der Waals surface area (Å²) in [6.45, 7) is 2.70. The number of nitrogens with one attached hydrogen (secondary N) is 2. The van der Waals surface area contributed by atoms with Crippen molar-refractivity contribution in [2.24, 2.45) is 0 Å². The highest BCUT2D eigenvalue weighted by molar-refractivity contribution is 6.31. The second kappa shape index (κ2) is 8.73. The second-order valence-electron chi connectivity index (χ2n) is 6.22. The fraction of sp³-hybridized carbons (Fsp3) is 0.238. The lowest BCUT2D eigenvalue weighted by Gasteiger charge is -2.06. The molecule has 0 unspecified atom stereocenters. The summed E-state index contributed by atoms with van der Waals surface area (Å²) in [6.07, 6.45) is 0.979. The summed E-state index contributed by atoms with van der Waals surface area (Å²) >= 11 is 5.97. The zero-order valence-corrected chi connectivity index (χ0v) is 15.8. The third-order valence-electron chi connectivity index (χ3n) is 4.20. The lowest BCUT2D eigenvalue weighted by molar-refractivity contribution is -0.142. The first-order valence-corrected chi connectivity index (χ1v) is 9.23. The van der Waals surface area contributed by atoms with Gasteiger partial charge in [0.05, 0.1) is 13.0 Å². The normalized spacial score (nSPS) is 10.7. The Kier molecular flexibility index (Phi) is 6.14. The molecule has 0 saturated carbocycles. The van der Waals surface area contributed by atoms with Gasteiger partial charge in [-0.15, -0.1) is 0 Å². The number of ether oxygens (including phenoxy) is 1. The molecular weight excluding hydrogens is 364 g/mol. The van der Waals surface area contributed by atoms with Crippen LogP contribution in [0.3, 0.4) is 0 Å². The smallest absolute Gasteiger partial charge is 0.310 e. The number of carbonyl (C=O) groups is 2. The van der Waals surface area contributed by atoms with Crippen molar-refractivity contribution in [2.45, 2.75) is 19.8 Å². The molecule has 6 heteroatoms. The Morgan fingerprint density at radius 2 is 1.81 bits per heavy atom. The molecule has 0 aliphatic heterocycles. The van der Waals surface area contributed by atoms with Crippen LogP contribution < -0.4 is 5.32 Å². The van der Waals surface area contributed by atoms with Crippen molar-refractivity contribution < 1.29 is 14.3 Å². The maximum atomic E-state index is 12.3. The van der Waals surface area contributed by atoms with Crippen molar-refractivity contribution in [3.63, 3.8) is 0 Å². The first-order valence-electron chi connectivity index (χ1n) is 8.85. The summed E-state index contributed by atoms with van der Waals surface area (Å²) in [7, 11) is 0. The number of esters is 1. The van der Waals surface area contributed by atoms with Crippen LogP contribution in [-0.4, -0.2) is 30.0 Å². The van der Waals surface area contributed by atoms with E-state index in [0.717, 1.165) is 22.0 Å².